The van der Waals surface area contributed by atoms with Crippen molar-refractivity contribution in [1.82, 2.24) is 19.7 Å². The van der Waals surface area contributed by atoms with Crippen LogP contribution in [0.2, 0.25) is 5.02 Å². The number of hydrogen-bond donors (Lipinski definition) is 1. The van der Waals surface area contributed by atoms with Crippen molar-refractivity contribution < 1.29 is 14.3 Å². The van der Waals surface area contributed by atoms with Crippen molar-refractivity contribution >= 4 is 35.0 Å². The molecular weight excluding hydrogens is 474 g/mol. The quantitative estimate of drug-likeness (QED) is 0.372. The summed E-state index contributed by atoms with van der Waals surface area (Å²) in [5.74, 6) is 1.73. The standard InChI is InChI=1S/C24H20ClN5O3S/c1-14-18(25)4-3-5-19(14)30-22(16-8-10-26-11-9-16)28-29-24(30)34-15(2)23(31)27-17-6-7-20-21(12-17)33-13-32-20/h3-12,15H,13H2,1-2H3,(H,27,31)/t15-/m0/s1. The van der Waals surface area contributed by atoms with Crippen LogP contribution >= 0.6 is 23.4 Å². The lowest BCUT2D eigenvalue weighted by molar-refractivity contribution is -0.115. The number of carbonyl (C=O) groups excluding carboxylic acids is 1. The minimum absolute atomic E-state index is 0.174. The lowest BCUT2D eigenvalue weighted by Gasteiger charge is -2.16. The zero-order valence-electron chi connectivity index (χ0n) is 18.4. The number of aromatic nitrogens is 4. The zero-order chi connectivity index (χ0) is 23.7. The molecule has 2 aromatic carbocycles. The minimum atomic E-state index is -0.460. The summed E-state index contributed by atoms with van der Waals surface area (Å²) in [6, 6.07) is 14.7. The van der Waals surface area contributed by atoms with Crippen LogP contribution in [-0.4, -0.2) is 37.7 Å². The number of anilines is 1. The summed E-state index contributed by atoms with van der Waals surface area (Å²) < 4.78 is 12.6. The molecule has 2 aromatic heterocycles. The maximum atomic E-state index is 13.0. The Morgan fingerprint density at radius 3 is 2.74 bits per heavy atom. The Morgan fingerprint density at radius 1 is 1.12 bits per heavy atom. The third-order valence-electron chi connectivity index (χ3n) is 5.34. The van der Waals surface area contributed by atoms with Gasteiger partial charge in [0.05, 0.1) is 10.9 Å². The van der Waals surface area contributed by atoms with Crippen molar-refractivity contribution in [3.8, 4) is 28.6 Å². The first-order valence-electron chi connectivity index (χ1n) is 10.5. The minimum Gasteiger partial charge on any atom is -0.454 e. The van der Waals surface area contributed by atoms with E-state index in [0.717, 1.165) is 16.8 Å². The molecular formula is C24H20ClN5O3S. The lowest BCUT2D eigenvalue weighted by atomic mass is 10.2. The van der Waals surface area contributed by atoms with Crippen LogP contribution < -0.4 is 14.8 Å². The van der Waals surface area contributed by atoms with Gasteiger partial charge in [-0.2, -0.15) is 0 Å². The van der Waals surface area contributed by atoms with Crippen LogP contribution in [0.1, 0.15) is 12.5 Å². The molecule has 1 amide bonds. The molecule has 0 spiro atoms. The number of nitrogens with zero attached hydrogens (tertiary/aromatic N) is 4. The Bertz CT molecular complexity index is 1360. The third-order valence-corrected chi connectivity index (χ3v) is 6.80. The monoisotopic (exact) mass is 493 g/mol. The fourth-order valence-corrected chi connectivity index (χ4v) is 4.55. The predicted octanol–water partition coefficient (Wildman–Crippen LogP) is 5.14. The van der Waals surface area contributed by atoms with Gasteiger partial charge < -0.3 is 14.8 Å². The van der Waals surface area contributed by atoms with E-state index in [2.05, 4.69) is 20.5 Å². The summed E-state index contributed by atoms with van der Waals surface area (Å²) in [6.07, 6.45) is 3.40. The Hall–Kier alpha value is -3.56. The summed E-state index contributed by atoms with van der Waals surface area (Å²) >= 11 is 7.72. The fourth-order valence-electron chi connectivity index (χ4n) is 3.52. The zero-order valence-corrected chi connectivity index (χ0v) is 19.9. The smallest absolute Gasteiger partial charge is 0.237 e. The van der Waals surface area contributed by atoms with Gasteiger partial charge in [0.25, 0.3) is 0 Å². The number of pyridine rings is 1. The number of amides is 1. The number of nitrogens with one attached hydrogen (secondary N) is 1. The van der Waals surface area contributed by atoms with Gasteiger partial charge in [-0.25, -0.2) is 0 Å². The third kappa shape index (κ3) is 4.32. The van der Waals surface area contributed by atoms with Gasteiger partial charge in [-0.05, 0) is 55.8 Å². The molecule has 0 saturated carbocycles. The molecule has 4 aromatic rings. The first-order valence-corrected chi connectivity index (χ1v) is 11.8. The van der Waals surface area contributed by atoms with Gasteiger partial charge in [-0.3, -0.25) is 14.3 Å². The van der Waals surface area contributed by atoms with E-state index >= 15 is 0 Å². The van der Waals surface area contributed by atoms with Crippen LogP contribution in [-0.2, 0) is 4.79 Å². The van der Waals surface area contributed by atoms with E-state index in [1.54, 1.807) is 30.6 Å². The van der Waals surface area contributed by atoms with E-state index in [0.29, 0.717) is 33.2 Å². The second-order valence-corrected chi connectivity index (χ2v) is 9.29. The fraction of sp³-hybridized carbons (Fsp3) is 0.167. The number of fused-ring (bicyclic) bond motifs is 1. The van der Waals surface area contributed by atoms with E-state index in [1.807, 2.05) is 48.7 Å². The number of ether oxygens (including phenoxy) is 2. The second kappa shape index (κ2) is 9.36. The SMILES string of the molecule is Cc1c(Cl)cccc1-n1c(S[C@@H](C)C(=O)Nc2ccc3c(c2)OCO3)nnc1-c1ccncc1. The molecule has 5 rings (SSSR count). The van der Waals surface area contributed by atoms with E-state index in [-0.39, 0.29) is 12.7 Å². The number of hydrogen-bond acceptors (Lipinski definition) is 7. The normalized spacial score (nSPS) is 13.0. The molecule has 1 N–H and O–H groups in total. The van der Waals surface area contributed by atoms with Crippen LogP contribution in [0, 0.1) is 6.92 Å². The van der Waals surface area contributed by atoms with Crippen LogP contribution in [0.15, 0.2) is 66.1 Å². The number of halogens is 1. The summed E-state index contributed by atoms with van der Waals surface area (Å²) in [5.41, 5.74) is 3.21. The molecule has 0 fully saturated rings. The highest BCUT2D eigenvalue weighted by Crippen LogP contribution is 2.35. The van der Waals surface area contributed by atoms with Crippen molar-refractivity contribution in [1.29, 1.82) is 0 Å². The molecule has 34 heavy (non-hydrogen) atoms. The van der Waals surface area contributed by atoms with E-state index in [9.17, 15) is 4.79 Å². The molecule has 0 bridgehead atoms. The molecule has 0 aliphatic carbocycles. The van der Waals surface area contributed by atoms with Crippen molar-refractivity contribution in [2.75, 3.05) is 12.1 Å². The van der Waals surface area contributed by atoms with Gasteiger partial charge in [0.15, 0.2) is 22.5 Å². The Labute approximate surface area is 205 Å². The maximum Gasteiger partial charge on any atom is 0.237 e. The van der Waals surface area contributed by atoms with Gasteiger partial charge in [-0.15, -0.1) is 10.2 Å². The van der Waals surface area contributed by atoms with Crippen molar-refractivity contribution in [2.24, 2.45) is 0 Å². The van der Waals surface area contributed by atoms with Gasteiger partial charge >= 0.3 is 0 Å². The van der Waals surface area contributed by atoms with Crippen LogP contribution in [0.4, 0.5) is 5.69 Å². The molecule has 0 saturated heterocycles. The molecule has 0 unspecified atom stereocenters. The Kier molecular flexibility index (Phi) is 6.12. The highest BCUT2D eigenvalue weighted by Gasteiger charge is 2.24. The van der Waals surface area contributed by atoms with E-state index < -0.39 is 5.25 Å². The van der Waals surface area contributed by atoms with Crippen LogP contribution in [0.5, 0.6) is 11.5 Å². The van der Waals surface area contributed by atoms with Gasteiger partial charge in [0.1, 0.15) is 0 Å². The average Bonchev–Trinajstić information content (AvgIpc) is 3.48. The largest absolute Gasteiger partial charge is 0.454 e. The van der Waals surface area contributed by atoms with E-state index in [1.165, 1.54) is 11.8 Å². The molecule has 1 aliphatic heterocycles. The first kappa shape index (κ1) is 22.2. The molecule has 1 atom stereocenters. The van der Waals surface area contributed by atoms with Crippen molar-refractivity contribution in [2.45, 2.75) is 24.3 Å². The summed E-state index contributed by atoms with van der Waals surface area (Å²) in [7, 11) is 0. The number of rotatable bonds is 6. The molecule has 8 nitrogen and oxygen atoms in total. The van der Waals surface area contributed by atoms with Gasteiger partial charge in [-0.1, -0.05) is 29.4 Å². The number of carbonyl (C=O) groups is 1. The van der Waals surface area contributed by atoms with Crippen LogP contribution in [0.25, 0.3) is 17.1 Å². The van der Waals surface area contributed by atoms with Gasteiger partial charge in [0, 0.05) is 34.7 Å². The lowest BCUT2D eigenvalue weighted by Crippen LogP contribution is -2.23. The van der Waals surface area contributed by atoms with E-state index in [4.69, 9.17) is 21.1 Å². The molecule has 0 radical (unpaired) electrons. The summed E-state index contributed by atoms with van der Waals surface area (Å²) in [6.45, 7) is 3.94. The Morgan fingerprint density at radius 2 is 1.91 bits per heavy atom. The molecule has 172 valence electrons. The summed E-state index contributed by atoms with van der Waals surface area (Å²) in [4.78, 5) is 17.1. The number of benzene rings is 2. The maximum absolute atomic E-state index is 13.0. The average molecular weight is 494 g/mol. The van der Waals surface area contributed by atoms with Crippen molar-refractivity contribution in [3.05, 3.63) is 71.5 Å². The highest BCUT2D eigenvalue weighted by atomic mass is 35.5. The topological polar surface area (TPSA) is 91.2 Å². The first-order chi connectivity index (χ1) is 16.5. The Balaban J connectivity index is 1.44. The molecule has 1 aliphatic rings. The second-order valence-electron chi connectivity index (χ2n) is 7.58. The van der Waals surface area contributed by atoms with Gasteiger partial charge in [0.2, 0.25) is 12.7 Å². The highest BCUT2D eigenvalue weighted by molar-refractivity contribution is 8.00. The predicted molar refractivity (Wildman–Crippen MR) is 131 cm³/mol. The number of thioether (sulfide) groups is 1. The van der Waals surface area contributed by atoms with Crippen LogP contribution in [0.3, 0.4) is 0 Å². The molecule has 3 heterocycles. The van der Waals surface area contributed by atoms with Crippen molar-refractivity contribution in [3.63, 3.8) is 0 Å². The summed E-state index contributed by atoms with van der Waals surface area (Å²) in [5, 5.41) is 12.5. The molecule has 10 heteroatoms.